The first-order chi connectivity index (χ1) is 16.7. The summed E-state index contributed by atoms with van der Waals surface area (Å²) >= 11 is 0. The van der Waals surface area contributed by atoms with E-state index in [0.717, 1.165) is 50.0 Å². The number of carbonyl (C=O) groups excluding carboxylic acids is 2. The molecule has 2 heterocycles. The summed E-state index contributed by atoms with van der Waals surface area (Å²) in [6.07, 6.45) is 8.46. The van der Waals surface area contributed by atoms with Crippen LogP contribution in [0.1, 0.15) is 68.6 Å². The fourth-order valence-electron chi connectivity index (χ4n) is 5.68. The molecule has 2 aromatic rings. The molecule has 0 bridgehead atoms. The van der Waals surface area contributed by atoms with E-state index in [0.29, 0.717) is 24.4 Å². The van der Waals surface area contributed by atoms with Gasteiger partial charge in [-0.25, -0.2) is 0 Å². The maximum absolute atomic E-state index is 14.0. The summed E-state index contributed by atoms with van der Waals surface area (Å²) in [5, 5.41) is 0. The molecular formula is C29H34N2O3. The predicted molar refractivity (Wildman–Crippen MR) is 133 cm³/mol. The number of hydrogen-bond acceptors (Lipinski definition) is 4. The van der Waals surface area contributed by atoms with Crippen LogP contribution in [0.3, 0.4) is 0 Å². The van der Waals surface area contributed by atoms with Gasteiger partial charge in [0, 0.05) is 19.1 Å². The van der Waals surface area contributed by atoms with Gasteiger partial charge in [-0.05, 0) is 55.0 Å². The number of hydrogen-bond donors (Lipinski definition) is 0. The highest BCUT2D eigenvalue weighted by molar-refractivity contribution is 6.35. The van der Waals surface area contributed by atoms with Crippen molar-refractivity contribution >= 4 is 17.4 Å². The Kier molecular flexibility index (Phi) is 6.70. The van der Waals surface area contributed by atoms with Crippen LogP contribution >= 0.6 is 0 Å². The summed E-state index contributed by atoms with van der Waals surface area (Å²) in [5.41, 5.74) is 4.48. The van der Waals surface area contributed by atoms with Gasteiger partial charge in [0.1, 0.15) is 11.4 Å². The van der Waals surface area contributed by atoms with E-state index in [9.17, 15) is 9.59 Å². The standard InChI is InChI=1S/C29H34N2O3/c1-2-34-25-16-14-22(15-17-25)26-27(30-19-18-21-10-8-9-11-23(21)20-30)29(33)31(28(26)32)24-12-6-4-3-5-7-13-24/h8-11,14-17,24H,2-7,12-13,18-20H2,1H3. The van der Waals surface area contributed by atoms with E-state index in [2.05, 4.69) is 23.1 Å². The SMILES string of the molecule is CCOc1ccc(C2=C(N3CCc4ccccc4C3)C(=O)N(C3CCCCCCC3)C2=O)cc1. The molecule has 0 radical (unpaired) electrons. The van der Waals surface area contributed by atoms with Crippen molar-refractivity contribution in [3.63, 3.8) is 0 Å². The highest BCUT2D eigenvalue weighted by Crippen LogP contribution is 2.37. The summed E-state index contributed by atoms with van der Waals surface area (Å²) in [6, 6.07) is 16.0. The second kappa shape index (κ2) is 10.0. The predicted octanol–water partition coefficient (Wildman–Crippen LogP) is 5.34. The second-order valence-corrected chi connectivity index (χ2v) is 9.60. The van der Waals surface area contributed by atoms with Crippen LogP contribution in [0.5, 0.6) is 5.75 Å². The Morgan fingerprint density at radius 2 is 1.53 bits per heavy atom. The third-order valence-electron chi connectivity index (χ3n) is 7.43. The zero-order valence-corrected chi connectivity index (χ0v) is 20.1. The molecule has 0 spiro atoms. The molecule has 0 N–H and O–H groups in total. The number of ether oxygens (including phenoxy) is 1. The molecule has 1 fully saturated rings. The molecule has 2 aliphatic heterocycles. The van der Waals surface area contributed by atoms with E-state index in [1.807, 2.05) is 37.3 Å². The lowest BCUT2D eigenvalue weighted by molar-refractivity contribution is -0.140. The Bertz CT molecular complexity index is 1080. The minimum absolute atomic E-state index is 0.00688. The van der Waals surface area contributed by atoms with Crippen molar-refractivity contribution in [3.8, 4) is 5.75 Å². The average Bonchev–Trinajstić information content (AvgIpc) is 3.09. The van der Waals surface area contributed by atoms with E-state index in [1.165, 1.54) is 30.4 Å². The summed E-state index contributed by atoms with van der Waals surface area (Å²) in [5.74, 6) is 0.529. The number of rotatable bonds is 5. The zero-order valence-electron chi connectivity index (χ0n) is 20.1. The molecule has 1 aliphatic carbocycles. The van der Waals surface area contributed by atoms with Crippen molar-refractivity contribution in [2.24, 2.45) is 0 Å². The topological polar surface area (TPSA) is 49.9 Å². The maximum Gasteiger partial charge on any atom is 0.278 e. The van der Waals surface area contributed by atoms with E-state index in [-0.39, 0.29) is 17.9 Å². The van der Waals surface area contributed by atoms with Crippen LogP contribution in [0.2, 0.25) is 0 Å². The molecule has 2 amide bonds. The van der Waals surface area contributed by atoms with Gasteiger partial charge in [0.25, 0.3) is 11.8 Å². The van der Waals surface area contributed by atoms with E-state index >= 15 is 0 Å². The van der Waals surface area contributed by atoms with Gasteiger partial charge < -0.3 is 9.64 Å². The first kappa shape index (κ1) is 22.7. The first-order valence-electron chi connectivity index (χ1n) is 12.8. The van der Waals surface area contributed by atoms with Crippen LogP contribution in [0, 0.1) is 0 Å². The van der Waals surface area contributed by atoms with Gasteiger partial charge in [0.2, 0.25) is 0 Å². The van der Waals surface area contributed by atoms with Crippen molar-refractivity contribution in [3.05, 3.63) is 70.9 Å². The van der Waals surface area contributed by atoms with E-state index in [4.69, 9.17) is 4.74 Å². The Labute approximate surface area is 202 Å². The lowest BCUT2D eigenvalue weighted by Crippen LogP contribution is -2.43. The van der Waals surface area contributed by atoms with Crippen molar-refractivity contribution in [1.29, 1.82) is 0 Å². The average molecular weight is 459 g/mol. The molecule has 3 aliphatic rings. The fraction of sp³-hybridized carbons (Fsp3) is 0.448. The molecule has 5 nitrogen and oxygen atoms in total. The van der Waals surface area contributed by atoms with Gasteiger partial charge in [-0.1, -0.05) is 68.5 Å². The largest absolute Gasteiger partial charge is 0.494 e. The molecule has 178 valence electrons. The summed E-state index contributed by atoms with van der Waals surface area (Å²) in [7, 11) is 0. The summed E-state index contributed by atoms with van der Waals surface area (Å²) in [4.78, 5) is 31.6. The molecule has 0 saturated heterocycles. The van der Waals surface area contributed by atoms with Gasteiger partial charge in [-0.15, -0.1) is 0 Å². The molecule has 2 aromatic carbocycles. The Hall–Kier alpha value is -3.08. The molecule has 5 heteroatoms. The zero-order chi connectivity index (χ0) is 23.5. The molecule has 1 saturated carbocycles. The monoisotopic (exact) mass is 458 g/mol. The molecule has 0 unspecified atom stereocenters. The fourth-order valence-corrected chi connectivity index (χ4v) is 5.68. The smallest absolute Gasteiger partial charge is 0.278 e. The number of benzene rings is 2. The van der Waals surface area contributed by atoms with E-state index < -0.39 is 0 Å². The van der Waals surface area contributed by atoms with Gasteiger partial charge in [0.05, 0.1) is 12.2 Å². The normalized spacial score (nSPS) is 19.8. The quantitative estimate of drug-likeness (QED) is 0.568. The molecule has 5 rings (SSSR count). The third kappa shape index (κ3) is 4.36. The van der Waals surface area contributed by atoms with Crippen LogP contribution in [-0.2, 0) is 22.6 Å². The number of amides is 2. The van der Waals surface area contributed by atoms with Crippen molar-refractivity contribution in [2.45, 2.75) is 70.9 Å². The molecule has 0 atom stereocenters. The van der Waals surface area contributed by atoms with Crippen LogP contribution in [-0.4, -0.2) is 40.8 Å². The van der Waals surface area contributed by atoms with Crippen molar-refractivity contribution in [2.75, 3.05) is 13.2 Å². The Balaban J connectivity index is 1.52. The maximum atomic E-state index is 14.0. The van der Waals surface area contributed by atoms with Gasteiger partial charge in [-0.2, -0.15) is 0 Å². The van der Waals surface area contributed by atoms with Crippen molar-refractivity contribution < 1.29 is 14.3 Å². The highest BCUT2D eigenvalue weighted by Gasteiger charge is 2.45. The van der Waals surface area contributed by atoms with Crippen molar-refractivity contribution in [1.82, 2.24) is 9.80 Å². The van der Waals surface area contributed by atoms with E-state index in [1.54, 1.807) is 4.90 Å². The Morgan fingerprint density at radius 3 is 2.24 bits per heavy atom. The minimum Gasteiger partial charge on any atom is -0.494 e. The van der Waals surface area contributed by atoms with Crippen LogP contribution < -0.4 is 4.74 Å². The number of fused-ring (bicyclic) bond motifs is 1. The number of carbonyl (C=O) groups is 2. The van der Waals surface area contributed by atoms with Crippen LogP contribution in [0.4, 0.5) is 0 Å². The summed E-state index contributed by atoms with van der Waals surface area (Å²) in [6.45, 7) is 3.94. The Morgan fingerprint density at radius 1 is 0.853 bits per heavy atom. The molecule has 34 heavy (non-hydrogen) atoms. The van der Waals surface area contributed by atoms with Gasteiger partial charge in [0.15, 0.2) is 0 Å². The summed E-state index contributed by atoms with van der Waals surface area (Å²) < 4.78 is 5.61. The number of imide groups is 1. The molecule has 0 aromatic heterocycles. The number of nitrogens with zero attached hydrogens (tertiary/aromatic N) is 2. The van der Waals surface area contributed by atoms with Gasteiger partial charge >= 0.3 is 0 Å². The molecular weight excluding hydrogens is 424 g/mol. The first-order valence-corrected chi connectivity index (χ1v) is 12.8. The van der Waals surface area contributed by atoms with Gasteiger partial charge in [-0.3, -0.25) is 14.5 Å². The minimum atomic E-state index is -0.131. The third-order valence-corrected chi connectivity index (χ3v) is 7.43. The highest BCUT2D eigenvalue weighted by atomic mass is 16.5. The second-order valence-electron chi connectivity index (χ2n) is 9.60. The lowest BCUT2D eigenvalue weighted by atomic mass is 9.95. The van der Waals surface area contributed by atoms with Crippen LogP contribution in [0.15, 0.2) is 54.2 Å². The van der Waals surface area contributed by atoms with Crippen LogP contribution in [0.25, 0.3) is 5.57 Å². The lowest BCUT2D eigenvalue weighted by Gasteiger charge is -2.33.